The zero-order chi connectivity index (χ0) is 30.2. The number of nitrogens with zero attached hydrogens (tertiary/aromatic N) is 1. The molecule has 5 rings (SSSR count). The maximum Gasteiger partial charge on any atom is 0.255 e. The molecule has 2 atom stereocenters. The van der Waals surface area contributed by atoms with Crippen molar-refractivity contribution in [3.05, 3.63) is 94.0 Å². The fraction of sp³-hybridized carbons (Fsp3) is 0.310. The Kier molecular flexibility index (Phi) is 8.32. The smallest absolute Gasteiger partial charge is 0.255 e. The number of hydrogen-bond donors (Lipinski definition) is 2. The van der Waals surface area contributed by atoms with Crippen LogP contribution in [0.1, 0.15) is 41.6 Å². The number of anilines is 1. The van der Waals surface area contributed by atoms with E-state index in [0.717, 1.165) is 6.07 Å². The number of amides is 1. The summed E-state index contributed by atoms with van der Waals surface area (Å²) in [5.41, 5.74) is -1.65. The number of halogens is 5. The number of rotatable bonds is 8. The molecule has 2 fully saturated rings. The average Bonchev–Trinajstić information content (AvgIpc) is 3.23. The number of hydrogen-bond acceptors (Lipinski definition) is 6. The molecule has 2 unspecified atom stereocenters. The van der Waals surface area contributed by atoms with Gasteiger partial charge >= 0.3 is 0 Å². The van der Waals surface area contributed by atoms with Crippen molar-refractivity contribution >= 4 is 39.2 Å². The zero-order valence-corrected chi connectivity index (χ0v) is 23.4. The first kappa shape index (κ1) is 30.0. The zero-order valence-electron chi connectivity index (χ0n) is 21.9. The number of aliphatic hydroxyl groups is 1. The minimum atomic E-state index is -4.10. The van der Waals surface area contributed by atoms with Crippen LogP contribution in [0.5, 0.6) is 0 Å². The van der Waals surface area contributed by atoms with Crippen molar-refractivity contribution in [3.63, 3.8) is 0 Å². The molecule has 42 heavy (non-hydrogen) atoms. The first-order chi connectivity index (χ1) is 19.9. The average molecular weight is 625 g/mol. The van der Waals surface area contributed by atoms with Gasteiger partial charge in [0.15, 0.2) is 27.3 Å². The maximum atomic E-state index is 13.9. The Hall–Kier alpha value is -3.48. The van der Waals surface area contributed by atoms with Crippen LogP contribution in [0.15, 0.2) is 64.6 Å². The molecule has 2 bridgehead atoms. The van der Waals surface area contributed by atoms with E-state index in [9.17, 15) is 35.9 Å². The second kappa shape index (κ2) is 11.7. The van der Waals surface area contributed by atoms with Gasteiger partial charge in [-0.1, -0.05) is 35.0 Å². The first-order valence-corrected chi connectivity index (χ1v) is 14.9. The Labute approximate surface area is 244 Å². The topological polar surface area (TPSA) is 105 Å². The number of nitrogens with one attached hydrogen (secondary N) is 1. The highest BCUT2D eigenvalue weighted by atomic mass is 35.5. The van der Waals surface area contributed by atoms with Crippen molar-refractivity contribution in [1.82, 2.24) is 0 Å². The minimum absolute atomic E-state index is 0.0828. The van der Waals surface area contributed by atoms with Crippen LogP contribution in [0, 0.1) is 35.1 Å². The number of carbonyl (C=O) groups is 1. The summed E-state index contributed by atoms with van der Waals surface area (Å²) in [4.78, 5) is 17.7. The van der Waals surface area contributed by atoms with E-state index in [0.29, 0.717) is 30.5 Å². The lowest BCUT2D eigenvalue weighted by molar-refractivity contribution is 0.0409. The molecule has 2 saturated carbocycles. The van der Waals surface area contributed by atoms with Crippen LogP contribution in [0.3, 0.4) is 0 Å². The lowest BCUT2D eigenvalue weighted by Gasteiger charge is -2.38. The van der Waals surface area contributed by atoms with E-state index in [2.05, 4.69) is 10.5 Å². The standard InChI is InChI=1S/C29H25ClF4N2O5S/c30-21-8-7-16(28(37)36-20-10-23(32)26(34)24(33)11-20)9-25(21)42(39,40)27-17-5-6-18(27)13-29(38,12-17)15-35-41-14-19-3-1-2-4-22(19)31/h1-4,7-11,15,17-18,27,38H,5-6,12-14H2,(H,36,37)/b35-15+/t17?,18?,27-,29-. The number of oxime groups is 1. The molecule has 0 saturated heterocycles. The van der Waals surface area contributed by atoms with Gasteiger partial charge in [0, 0.05) is 28.9 Å². The van der Waals surface area contributed by atoms with E-state index in [1.54, 1.807) is 18.2 Å². The summed E-state index contributed by atoms with van der Waals surface area (Å²) in [5.74, 6) is -6.93. The normalized spacial score (nSPS) is 23.7. The number of fused-ring (bicyclic) bond motifs is 2. The lowest BCUT2D eigenvalue weighted by atomic mass is 9.78. The third-order valence-corrected chi connectivity index (χ3v) is 10.6. The van der Waals surface area contributed by atoms with Crippen molar-refractivity contribution in [3.8, 4) is 0 Å². The number of benzene rings is 3. The lowest BCUT2D eigenvalue weighted by Crippen LogP contribution is -2.47. The van der Waals surface area contributed by atoms with Crippen molar-refractivity contribution < 1.29 is 40.7 Å². The molecule has 13 heteroatoms. The van der Waals surface area contributed by atoms with Crippen molar-refractivity contribution in [2.24, 2.45) is 17.0 Å². The van der Waals surface area contributed by atoms with Crippen LogP contribution >= 0.6 is 11.6 Å². The summed E-state index contributed by atoms with van der Waals surface area (Å²) in [5, 5.41) is 16.2. The molecule has 2 aliphatic rings. The van der Waals surface area contributed by atoms with Gasteiger partial charge in [-0.05, 0) is 61.8 Å². The molecular formula is C29H25ClF4N2O5S. The summed E-state index contributed by atoms with van der Waals surface area (Å²) < 4.78 is 81.9. The SMILES string of the molecule is O=C(Nc1cc(F)c(F)c(F)c1)c1ccc(Cl)c(S(=O)(=O)[C@H]2C3CCC2C[C@](O)(/C=N/OCc2ccccc2F)C3)c1. The highest BCUT2D eigenvalue weighted by Crippen LogP contribution is 2.51. The van der Waals surface area contributed by atoms with Crippen molar-refractivity contribution in [2.75, 3.05) is 5.32 Å². The van der Waals surface area contributed by atoms with E-state index in [4.69, 9.17) is 16.4 Å². The Balaban J connectivity index is 1.31. The van der Waals surface area contributed by atoms with Crippen LogP contribution in [0.2, 0.25) is 5.02 Å². The fourth-order valence-corrected chi connectivity index (χ4v) is 8.72. The monoisotopic (exact) mass is 624 g/mol. The summed E-state index contributed by atoms with van der Waals surface area (Å²) in [6.45, 7) is -0.142. The second-order valence-corrected chi connectivity index (χ2v) is 13.1. The van der Waals surface area contributed by atoms with Gasteiger partial charge in [0.1, 0.15) is 18.0 Å². The second-order valence-electron chi connectivity index (χ2n) is 10.6. The minimum Gasteiger partial charge on any atom is -0.391 e. The quantitative estimate of drug-likeness (QED) is 0.138. The molecule has 1 amide bonds. The highest BCUT2D eigenvalue weighted by Gasteiger charge is 2.54. The molecule has 2 aliphatic carbocycles. The van der Waals surface area contributed by atoms with Crippen molar-refractivity contribution in [2.45, 2.75) is 48.0 Å². The van der Waals surface area contributed by atoms with Gasteiger partial charge in [-0.15, -0.1) is 0 Å². The van der Waals surface area contributed by atoms with Crippen molar-refractivity contribution in [1.29, 1.82) is 0 Å². The molecule has 0 radical (unpaired) electrons. The predicted molar refractivity (Wildman–Crippen MR) is 147 cm³/mol. The third kappa shape index (κ3) is 6.02. The maximum absolute atomic E-state index is 13.9. The Morgan fingerprint density at radius 3 is 2.31 bits per heavy atom. The van der Waals surface area contributed by atoms with E-state index in [1.807, 2.05) is 0 Å². The van der Waals surface area contributed by atoms with Gasteiger partial charge < -0.3 is 15.3 Å². The van der Waals surface area contributed by atoms with Crippen LogP contribution in [-0.2, 0) is 21.3 Å². The Bertz CT molecular complexity index is 1630. The predicted octanol–water partition coefficient (Wildman–Crippen LogP) is 6.04. The van der Waals surface area contributed by atoms with E-state index < -0.39 is 61.7 Å². The van der Waals surface area contributed by atoms with E-state index in [-0.39, 0.29) is 40.6 Å². The van der Waals surface area contributed by atoms with E-state index in [1.165, 1.54) is 24.4 Å². The molecule has 7 nitrogen and oxygen atoms in total. The summed E-state index contributed by atoms with van der Waals surface area (Å²) in [7, 11) is -4.10. The largest absolute Gasteiger partial charge is 0.391 e. The molecule has 0 aromatic heterocycles. The summed E-state index contributed by atoms with van der Waals surface area (Å²) in [6, 6.07) is 10.8. The van der Waals surface area contributed by atoms with Gasteiger partial charge in [0.05, 0.1) is 21.4 Å². The number of sulfone groups is 1. The third-order valence-electron chi connectivity index (χ3n) is 7.71. The highest BCUT2D eigenvalue weighted by molar-refractivity contribution is 7.92. The molecule has 0 spiro atoms. The van der Waals surface area contributed by atoms with Gasteiger partial charge in [0.25, 0.3) is 5.91 Å². The molecule has 0 aliphatic heterocycles. The van der Waals surface area contributed by atoms with Gasteiger partial charge in [0.2, 0.25) is 0 Å². The molecule has 3 aromatic rings. The summed E-state index contributed by atoms with van der Waals surface area (Å²) >= 11 is 6.28. The molecule has 2 N–H and O–H groups in total. The van der Waals surface area contributed by atoms with Crippen LogP contribution in [0.25, 0.3) is 0 Å². The number of carbonyl (C=O) groups excluding carboxylic acids is 1. The van der Waals surface area contributed by atoms with Crippen LogP contribution in [-0.4, -0.2) is 36.5 Å². The summed E-state index contributed by atoms with van der Waals surface area (Å²) in [6.07, 6.45) is 2.44. The molecule has 222 valence electrons. The van der Waals surface area contributed by atoms with Gasteiger partial charge in [-0.2, -0.15) is 0 Å². The van der Waals surface area contributed by atoms with Crippen LogP contribution < -0.4 is 5.32 Å². The van der Waals surface area contributed by atoms with Crippen LogP contribution in [0.4, 0.5) is 23.2 Å². The fourth-order valence-electron chi connectivity index (χ4n) is 5.88. The molecule has 3 aromatic carbocycles. The molecular weight excluding hydrogens is 600 g/mol. The Morgan fingerprint density at radius 1 is 1.02 bits per heavy atom. The Morgan fingerprint density at radius 2 is 1.67 bits per heavy atom. The van der Waals surface area contributed by atoms with Gasteiger partial charge in [-0.3, -0.25) is 4.79 Å². The molecule has 0 heterocycles. The van der Waals surface area contributed by atoms with Gasteiger partial charge in [-0.25, -0.2) is 26.0 Å². The first-order valence-electron chi connectivity index (χ1n) is 13.0. The van der Waals surface area contributed by atoms with E-state index >= 15 is 0 Å².